The van der Waals surface area contributed by atoms with Crippen molar-refractivity contribution in [3.63, 3.8) is 0 Å². The summed E-state index contributed by atoms with van der Waals surface area (Å²) < 4.78 is 0. The Bertz CT molecular complexity index is 770. The maximum absolute atomic E-state index is 12.8. The highest BCUT2D eigenvalue weighted by atomic mass is 16.2. The molecule has 0 atom stereocenters. The van der Waals surface area contributed by atoms with E-state index in [4.69, 9.17) is 0 Å². The van der Waals surface area contributed by atoms with Crippen LogP contribution in [0.3, 0.4) is 0 Å². The van der Waals surface area contributed by atoms with Crippen molar-refractivity contribution < 1.29 is 9.59 Å². The molecule has 1 aliphatic heterocycles. The van der Waals surface area contributed by atoms with E-state index in [1.54, 1.807) is 11.0 Å². The SMILES string of the molecule is CCCN(Cc1ccccc1)C(=O)Nc1cccc(C(=O)N2CCCC2)c1. The van der Waals surface area contributed by atoms with Gasteiger partial charge in [0.2, 0.25) is 0 Å². The normalized spacial score (nSPS) is 13.4. The quantitative estimate of drug-likeness (QED) is 0.826. The van der Waals surface area contributed by atoms with Crippen LogP contribution >= 0.6 is 0 Å². The van der Waals surface area contributed by atoms with Crippen molar-refractivity contribution in [1.82, 2.24) is 9.80 Å². The summed E-state index contributed by atoms with van der Waals surface area (Å²) in [5, 5.41) is 2.95. The lowest BCUT2D eigenvalue weighted by Gasteiger charge is -2.23. The van der Waals surface area contributed by atoms with Crippen LogP contribution in [0.2, 0.25) is 0 Å². The van der Waals surface area contributed by atoms with Crippen molar-refractivity contribution in [2.24, 2.45) is 0 Å². The van der Waals surface area contributed by atoms with Crippen LogP contribution in [0.5, 0.6) is 0 Å². The van der Waals surface area contributed by atoms with Gasteiger partial charge in [0.1, 0.15) is 0 Å². The number of urea groups is 1. The van der Waals surface area contributed by atoms with Crippen molar-refractivity contribution in [2.75, 3.05) is 25.0 Å². The van der Waals surface area contributed by atoms with Crippen molar-refractivity contribution in [1.29, 1.82) is 0 Å². The van der Waals surface area contributed by atoms with Crippen molar-refractivity contribution in [3.05, 3.63) is 65.7 Å². The van der Waals surface area contributed by atoms with Crippen molar-refractivity contribution in [2.45, 2.75) is 32.7 Å². The lowest BCUT2D eigenvalue weighted by atomic mass is 10.1. The third kappa shape index (κ3) is 5.09. The highest BCUT2D eigenvalue weighted by Crippen LogP contribution is 2.17. The minimum atomic E-state index is -0.147. The third-order valence-corrected chi connectivity index (χ3v) is 4.75. The maximum atomic E-state index is 12.8. The summed E-state index contributed by atoms with van der Waals surface area (Å²) in [4.78, 5) is 29.0. The van der Waals surface area contributed by atoms with Gasteiger partial charge in [0.15, 0.2) is 0 Å². The van der Waals surface area contributed by atoms with Crippen LogP contribution in [0, 0.1) is 0 Å². The van der Waals surface area contributed by atoms with E-state index in [0.717, 1.165) is 37.9 Å². The molecule has 1 heterocycles. The fourth-order valence-corrected chi connectivity index (χ4v) is 3.36. The van der Waals surface area contributed by atoms with Crippen LogP contribution in [0.25, 0.3) is 0 Å². The van der Waals surface area contributed by atoms with Gasteiger partial charge in [-0.1, -0.05) is 43.3 Å². The van der Waals surface area contributed by atoms with Gasteiger partial charge in [0, 0.05) is 37.4 Å². The summed E-state index contributed by atoms with van der Waals surface area (Å²) in [6.45, 7) is 4.92. The average Bonchev–Trinajstić information content (AvgIpc) is 3.23. The lowest BCUT2D eigenvalue weighted by Crippen LogP contribution is -2.35. The molecule has 5 heteroatoms. The van der Waals surface area contributed by atoms with Gasteiger partial charge in [0.25, 0.3) is 5.91 Å². The molecule has 1 N–H and O–H groups in total. The minimum absolute atomic E-state index is 0.0401. The number of carbonyl (C=O) groups is 2. The van der Waals surface area contributed by atoms with Gasteiger partial charge >= 0.3 is 6.03 Å². The van der Waals surface area contributed by atoms with E-state index >= 15 is 0 Å². The van der Waals surface area contributed by atoms with E-state index in [-0.39, 0.29) is 11.9 Å². The number of rotatable bonds is 6. The molecule has 0 spiro atoms. The molecule has 142 valence electrons. The number of amides is 3. The summed E-state index contributed by atoms with van der Waals surface area (Å²) in [5.74, 6) is 0.0401. The maximum Gasteiger partial charge on any atom is 0.322 e. The van der Waals surface area contributed by atoms with Crippen LogP contribution in [-0.2, 0) is 6.54 Å². The first-order valence-corrected chi connectivity index (χ1v) is 9.66. The van der Waals surface area contributed by atoms with E-state index in [1.807, 2.05) is 53.4 Å². The summed E-state index contributed by atoms with van der Waals surface area (Å²) in [6.07, 6.45) is 3.01. The molecule has 0 aliphatic carbocycles. The highest BCUT2D eigenvalue weighted by Gasteiger charge is 2.20. The van der Waals surface area contributed by atoms with Gasteiger partial charge in [-0.15, -0.1) is 0 Å². The zero-order valence-corrected chi connectivity index (χ0v) is 15.9. The predicted octanol–water partition coefficient (Wildman–Crippen LogP) is 4.37. The molecule has 0 unspecified atom stereocenters. The molecule has 3 rings (SSSR count). The molecule has 0 radical (unpaired) electrons. The number of hydrogen-bond donors (Lipinski definition) is 1. The largest absolute Gasteiger partial charge is 0.339 e. The first-order chi connectivity index (χ1) is 13.2. The number of hydrogen-bond acceptors (Lipinski definition) is 2. The first kappa shape index (κ1) is 19.0. The summed E-state index contributed by atoms with van der Waals surface area (Å²) in [7, 11) is 0. The van der Waals surface area contributed by atoms with Crippen LogP contribution in [0.4, 0.5) is 10.5 Å². The Morgan fingerprint density at radius 2 is 1.78 bits per heavy atom. The Morgan fingerprint density at radius 1 is 1.04 bits per heavy atom. The molecule has 2 aromatic rings. The van der Waals surface area contributed by atoms with Crippen LogP contribution in [-0.4, -0.2) is 41.4 Å². The molecule has 5 nitrogen and oxygen atoms in total. The molecular formula is C22H27N3O2. The summed E-state index contributed by atoms with van der Waals surface area (Å²) >= 11 is 0. The van der Waals surface area contributed by atoms with E-state index in [0.29, 0.717) is 24.3 Å². The first-order valence-electron chi connectivity index (χ1n) is 9.66. The van der Waals surface area contributed by atoms with Crippen LogP contribution in [0.1, 0.15) is 42.1 Å². The van der Waals surface area contributed by atoms with Gasteiger partial charge < -0.3 is 15.1 Å². The number of nitrogens with one attached hydrogen (secondary N) is 1. The molecule has 0 saturated carbocycles. The molecular weight excluding hydrogens is 338 g/mol. The second-order valence-corrected chi connectivity index (χ2v) is 6.92. The Hall–Kier alpha value is -2.82. The molecule has 3 amide bonds. The Kier molecular flexibility index (Phi) is 6.47. The van der Waals surface area contributed by atoms with Crippen LogP contribution < -0.4 is 5.32 Å². The van der Waals surface area contributed by atoms with Crippen molar-refractivity contribution in [3.8, 4) is 0 Å². The van der Waals surface area contributed by atoms with Crippen LogP contribution in [0.15, 0.2) is 54.6 Å². The van der Waals surface area contributed by atoms with Gasteiger partial charge in [0.05, 0.1) is 0 Å². The molecule has 1 aliphatic rings. The molecule has 1 saturated heterocycles. The van der Waals surface area contributed by atoms with E-state index in [9.17, 15) is 9.59 Å². The standard InChI is InChI=1S/C22H27N3O2/c1-2-13-25(17-18-9-4-3-5-10-18)22(27)23-20-12-8-11-19(16-20)21(26)24-14-6-7-15-24/h3-5,8-12,16H,2,6-7,13-15,17H2,1H3,(H,23,27). The summed E-state index contributed by atoms with van der Waals surface area (Å²) in [6, 6.07) is 17.0. The number of likely N-dealkylation sites (tertiary alicyclic amines) is 1. The molecule has 27 heavy (non-hydrogen) atoms. The van der Waals surface area contributed by atoms with E-state index in [1.165, 1.54) is 0 Å². The van der Waals surface area contributed by atoms with Crippen molar-refractivity contribution >= 4 is 17.6 Å². The predicted molar refractivity (Wildman–Crippen MR) is 108 cm³/mol. The fraction of sp³-hybridized carbons (Fsp3) is 0.364. The fourth-order valence-electron chi connectivity index (χ4n) is 3.36. The number of carbonyl (C=O) groups excluding carboxylic acids is 2. The number of anilines is 1. The Balaban J connectivity index is 1.68. The van der Waals surface area contributed by atoms with Gasteiger partial charge in [-0.25, -0.2) is 4.79 Å². The summed E-state index contributed by atoms with van der Waals surface area (Å²) in [5.41, 5.74) is 2.37. The number of nitrogens with zero attached hydrogens (tertiary/aromatic N) is 2. The monoisotopic (exact) mass is 365 g/mol. The molecule has 2 aromatic carbocycles. The van der Waals surface area contributed by atoms with Gasteiger partial charge in [-0.3, -0.25) is 4.79 Å². The van der Waals surface area contributed by atoms with E-state index in [2.05, 4.69) is 12.2 Å². The zero-order valence-electron chi connectivity index (χ0n) is 15.9. The second-order valence-electron chi connectivity index (χ2n) is 6.92. The zero-order chi connectivity index (χ0) is 19.1. The molecule has 1 fully saturated rings. The third-order valence-electron chi connectivity index (χ3n) is 4.75. The van der Waals surface area contributed by atoms with Gasteiger partial charge in [-0.2, -0.15) is 0 Å². The topological polar surface area (TPSA) is 52.7 Å². The minimum Gasteiger partial charge on any atom is -0.339 e. The van der Waals surface area contributed by atoms with E-state index < -0.39 is 0 Å². The molecule has 0 bridgehead atoms. The Morgan fingerprint density at radius 3 is 2.48 bits per heavy atom. The number of benzene rings is 2. The second kappa shape index (κ2) is 9.21. The molecule has 0 aromatic heterocycles. The Labute approximate surface area is 161 Å². The highest BCUT2D eigenvalue weighted by molar-refractivity contribution is 5.97. The average molecular weight is 365 g/mol. The lowest BCUT2D eigenvalue weighted by molar-refractivity contribution is 0.0793. The smallest absolute Gasteiger partial charge is 0.322 e. The van der Waals surface area contributed by atoms with Gasteiger partial charge in [-0.05, 0) is 43.0 Å².